The largest absolute Gasteiger partial charge is 0.408 e. The minimum atomic E-state index is -3.22. The fourth-order valence-electron chi connectivity index (χ4n) is 3.32. The number of fused-ring (bicyclic) bond motifs is 1. The van der Waals surface area contributed by atoms with Crippen LogP contribution >= 0.6 is 7.75 Å². The lowest BCUT2D eigenvalue weighted by molar-refractivity contribution is 0.147. The summed E-state index contributed by atoms with van der Waals surface area (Å²) in [6.07, 6.45) is 1.46. The summed E-state index contributed by atoms with van der Waals surface area (Å²) in [5.74, 6) is 0. The quantitative estimate of drug-likeness (QED) is 0.808. The minimum Gasteiger partial charge on any atom is -0.306 e. The van der Waals surface area contributed by atoms with Crippen LogP contribution in [-0.2, 0) is 13.6 Å². The van der Waals surface area contributed by atoms with Crippen molar-refractivity contribution in [2.75, 3.05) is 26.3 Å². The maximum atomic E-state index is 12.8. The van der Waals surface area contributed by atoms with Gasteiger partial charge < -0.3 is 4.98 Å². The van der Waals surface area contributed by atoms with Crippen molar-refractivity contribution in [3.63, 3.8) is 0 Å². The zero-order valence-corrected chi connectivity index (χ0v) is 15.0. The molecule has 0 bridgehead atoms. The van der Waals surface area contributed by atoms with E-state index in [-0.39, 0.29) is 11.7 Å². The Morgan fingerprint density at radius 2 is 1.79 bits per heavy atom. The van der Waals surface area contributed by atoms with E-state index in [4.69, 9.17) is 9.05 Å². The number of rotatable bonds is 6. The molecule has 0 saturated carbocycles. The third-order valence-electron chi connectivity index (χ3n) is 4.36. The maximum Gasteiger partial charge on any atom is 0.408 e. The van der Waals surface area contributed by atoms with Crippen LogP contribution in [-0.4, -0.2) is 40.5 Å². The Labute approximate surface area is 141 Å². The summed E-state index contributed by atoms with van der Waals surface area (Å²) in [6, 6.07) is 7.78. The molecule has 0 aliphatic carbocycles. The minimum absolute atomic E-state index is 0.0848. The van der Waals surface area contributed by atoms with Crippen LogP contribution in [0.15, 0.2) is 29.1 Å². The molecule has 1 aromatic carbocycles. The van der Waals surface area contributed by atoms with E-state index in [9.17, 15) is 9.36 Å². The number of nitrogens with one attached hydrogen (secondary N) is 1. The Hall–Kier alpha value is -1.40. The fraction of sp³-hybridized carbons (Fsp3) is 0.562. The lowest BCUT2D eigenvalue weighted by atomic mass is 10.1. The standard InChI is InChI=1S/C16H24N3O4P/c1-3-22-24(21,23-4-2)18-11-9-13(10-12-18)19-15-8-6-5-7-14(15)17-16(19)20/h5-8,13H,3-4,9-12H2,1-2H3,(H,17,20). The van der Waals surface area contributed by atoms with Gasteiger partial charge in [0, 0.05) is 19.1 Å². The molecule has 1 aromatic heterocycles. The average Bonchev–Trinajstić information content (AvgIpc) is 2.91. The molecule has 1 aliphatic heterocycles. The van der Waals surface area contributed by atoms with E-state index in [1.807, 2.05) is 42.7 Å². The van der Waals surface area contributed by atoms with Gasteiger partial charge in [0.15, 0.2) is 0 Å². The van der Waals surface area contributed by atoms with Gasteiger partial charge in [-0.05, 0) is 38.8 Å². The van der Waals surface area contributed by atoms with Gasteiger partial charge in [-0.3, -0.25) is 13.6 Å². The Balaban J connectivity index is 1.78. The molecular formula is C16H24N3O4P. The fourth-order valence-corrected chi connectivity index (χ4v) is 5.09. The molecule has 0 amide bonds. The number of hydrogen-bond acceptors (Lipinski definition) is 4. The van der Waals surface area contributed by atoms with Crippen LogP contribution in [0.5, 0.6) is 0 Å². The molecule has 0 spiro atoms. The van der Waals surface area contributed by atoms with Crippen LogP contribution in [0.2, 0.25) is 0 Å². The molecule has 0 atom stereocenters. The van der Waals surface area contributed by atoms with Gasteiger partial charge in [0.05, 0.1) is 24.2 Å². The first-order chi connectivity index (χ1) is 11.6. The summed E-state index contributed by atoms with van der Waals surface area (Å²) in [5, 5.41) is 0. The normalized spacial score (nSPS) is 17.6. The second-order valence-electron chi connectivity index (χ2n) is 5.81. The molecule has 1 aliphatic rings. The van der Waals surface area contributed by atoms with E-state index >= 15 is 0 Å². The first-order valence-corrected chi connectivity index (χ1v) is 9.92. The molecular weight excluding hydrogens is 329 g/mol. The number of benzene rings is 1. The number of aromatic nitrogens is 2. The van der Waals surface area contributed by atoms with Gasteiger partial charge in [0.2, 0.25) is 0 Å². The SMILES string of the molecule is CCOP(=O)(OCC)N1CCC(n2c(=O)[nH]c3ccccc32)CC1. The molecule has 24 heavy (non-hydrogen) atoms. The van der Waals surface area contributed by atoms with E-state index < -0.39 is 7.75 Å². The van der Waals surface area contributed by atoms with Crippen molar-refractivity contribution in [2.45, 2.75) is 32.7 Å². The predicted octanol–water partition coefficient (Wildman–Crippen LogP) is 3.15. The number of H-pyrrole nitrogens is 1. The smallest absolute Gasteiger partial charge is 0.306 e. The highest BCUT2D eigenvalue weighted by Crippen LogP contribution is 2.53. The van der Waals surface area contributed by atoms with Crippen LogP contribution < -0.4 is 5.69 Å². The Bertz CT molecular complexity index is 782. The molecule has 0 radical (unpaired) electrons. The lowest BCUT2D eigenvalue weighted by Gasteiger charge is -2.35. The molecule has 132 valence electrons. The zero-order valence-electron chi connectivity index (χ0n) is 14.1. The number of imidazole rings is 1. The molecule has 2 heterocycles. The molecule has 7 nitrogen and oxygen atoms in total. The molecule has 0 unspecified atom stereocenters. The average molecular weight is 353 g/mol. The van der Waals surface area contributed by atoms with Crippen LogP contribution in [0.4, 0.5) is 0 Å². The highest BCUT2D eigenvalue weighted by Gasteiger charge is 2.36. The number of piperidine rings is 1. The van der Waals surface area contributed by atoms with Gasteiger partial charge >= 0.3 is 13.4 Å². The van der Waals surface area contributed by atoms with Crippen molar-refractivity contribution < 1.29 is 13.6 Å². The van der Waals surface area contributed by atoms with E-state index in [2.05, 4.69) is 4.98 Å². The zero-order chi connectivity index (χ0) is 17.2. The first-order valence-electron chi connectivity index (χ1n) is 8.43. The lowest BCUT2D eigenvalue weighted by Crippen LogP contribution is -2.36. The van der Waals surface area contributed by atoms with Crippen LogP contribution in [0.1, 0.15) is 32.7 Å². The van der Waals surface area contributed by atoms with Crippen molar-refractivity contribution >= 4 is 18.8 Å². The molecule has 1 saturated heterocycles. The number of aromatic amines is 1. The molecule has 3 rings (SSSR count). The van der Waals surface area contributed by atoms with Gasteiger partial charge in [0.25, 0.3) is 0 Å². The Morgan fingerprint density at radius 3 is 2.42 bits per heavy atom. The van der Waals surface area contributed by atoms with Crippen LogP contribution in [0.25, 0.3) is 11.0 Å². The van der Waals surface area contributed by atoms with Crippen LogP contribution in [0.3, 0.4) is 0 Å². The maximum absolute atomic E-state index is 12.8. The third-order valence-corrected chi connectivity index (χ3v) is 6.62. The van der Waals surface area contributed by atoms with Gasteiger partial charge in [-0.15, -0.1) is 0 Å². The Morgan fingerprint density at radius 1 is 1.17 bits per heavy atom. The summed E-state index contributed by atoms with van der Waals surface area (Å²) in [4.78, 5) is 15.2. The van der Waals surface area contributed by atoms with Gasteiger partial charge in [-0.2, -0.15) is 0 Å². The number of hydrogen-bond donors (Lipinski definition) is 1. The topological polar surface area (TPSA) is 76.6 Å². The molecule has 1 N–H and O–H groups in total. The van der Waals surface area contributed by atoms with Crippen molar-refractivity contribution in [3.8, 4) is 0 Å². The number of nitrogens with zero attached hydrogens (tertiary/aromatic N) is 2. The van der Waals surface area contributed by atoms with Gasteiger partial charge in [-0.1, -0.05) is 12.1 Å². The highest BCUT2D eigenvalue weighted by molar-refractivity contribution is 7.51. The number of para-hydroxylation sites is 2. The summed E-state index contributed by atoms with van der Waals surface area (Å²) in [6.45, 7) is 5.47. The molecule has 1 fully saturated rings. The van der Waals surface area contributed by atoms with E-state index in [0.29, 0.717) is 26.3 Å². The molecule has 8 heteroatoms. The van der Waals surface area contributed by atoms with E-state index in [0.717, 1.165) is 23.9 Å². The monoisotopic (exact) mass is 353 g/mol. The van der Waals surface area contributed by atoms with Crippen molar-refractivity contribution in [1.82, 2.24) is 14.2 Å². The van der Waals surface area contributed by atoms with Gasteiger partial charge in [0.1, 0.15) is 0 Å². The highest BCUT2D eigenvalue weighted by atomic mass is 31.2. The summed E-state index contributed by atoms with van der Waals surface area (Å²) in [7, 11) is -3.22. The second kappa shape index (κ2) is 7.23. The van der Waals surface area contributed by atoms with E-state index in [1.54, 1.807) is 4.67 Å². The summed E-state index contributed by atoms with van der Waals surface area (Å²) < 4.78 is 27.3. The Kier molecular flexibility index (Phi) is 5.25. The van der Waals surface area contributed by atoms with Crippen molar-refractivity contribution in [1.29, 1.82) is 0 Å². The third kappa shape index (κ3) is 3.22. The van der Waals surface area contributed by atoms with Crippen molar-refractivity contribution in [2.24, 2.45) is 0 Å². The van der Waals surface area contributed by atoms with Gasteiger partial charge in [-0.25, -0.2) is 14.0 Å². The van der Waals surface area contributed by atoms with Crippen LogP contribution in [0, 0.1) is 0 Å². The molecule has 2 aromatic rings. The summed E-state index contributed by atoms with van der Waals surface area (Å²) >= 11 is 0. The first kappa shape index (κ1) is 17.4. The van der Waals surface area contributed by atoms with E-state index in [1.165, 1.54) is 0 Å². The predicted molar refractivity (Wildman–Crippen MR) is 93.3 cm³/mol. The summed E-state index contributed by atoms with van der Waals surface area (Å²) in [5.41, 5.74) is 1.67. The van der Waals surface area contributed by atoms with Crippen molar-refractivity contribution in [3.05, 3.63) is 34.7 Å². The second-order valence-corrected chi connectivity index (χ2v) is 7.83.